The number of rotatable bonds is 5. The number of hydrogen-bond acceptors (Lipinski definition) is 4. The van der Waals surface area contributed by atoms with Gasteiger partial charge in [0.15, 0.2) is 6.61 Å². The van der Waals surface area contributed by atoms with Crippen LogP contribution >= 0.6 is 11.6 Å². The summed E-state index contributed by atoms with van der Waals surface area (Å²) in [6.45, 7) is 1.68. The fraction of sp³-hybridized carbons (Fsp3) is 0.250. The second-order valence-electron chi connectivity index (χ2n) is 6.36. The zero-order valence-electron chi connectivity index (χ0n) is 14.8. The number of carbonyl (C=O) groups is 3. The van der Waals surface area contributed by atoms with Crippen molar-refractivity contribution in [1.29, 1.82) is 0 Å². The van der Waals surface area contributed by atoms with Gasteiger partial charge in [-0.15, -0.1) is 0 Å². The standard InChI is InChI=1S/C20H19ClN2O4/c1-13-5-2-3-8-17(13)22-18(24)12-27-20(26)14-9-19(25)23(11-14)16-7-4-6-15(21)10-16/h2-8,10,14H,9,11-12H2,1H3,(H,22,24)/t14-/m1/s1. The van der Waals surface area contributed by atoms with Crippen LogP contribution < -0.4 is 10.2 Å². The molecule has 2 aromatic rings. The van der Waals surface area contributed by atoms with Crippen LogP contribution in [0, 0.1) is 12.8 Å². The molecular formula is C20H19ClN2O4. The molecule has 3 rings (SSSR count). The molecule has 27 heavy (non-hydrogen) atoms. The molecule has 1 aliphatic rings. The molecule has 7 heteroatoms. The van der Waals surface area contributed by atoms with Crippen LogP contribution in [0.1, 0.15) is 12.0 Å². The van der Waals surface area contributed by atoms with Crippen molar-refractivity contribution in [3.05, 3.63) is 59.1 Å². The van der Waals surface area contributed by atoms with Crippen molar-refractivity contribution in [1.82, 2.24) is 0 Å². The molecule has 1 N–H and O–H groups in total. The van der Waals surface area contributed by atoms with Gasteiger partial charge in [-0.2, -0.15) is 0 Å². The van der Waals surface area contributed by atoms with E-state index in [1.54, 1.807) is 30.3 Å². The molecule has 2 aromatic carbocycles. The average molecular weight is 387 g/mol. The number of ether oxygens (including phenoxy) is 1. The maximum absolute atomic E-state index is 12.3. The summed E-state index contributed by atoms with van der Waals surface area (Å²) in [7, 11) is 0. The van der Waals surface area contributed by atoms with Gasteiger partial charge in [-0.3, -0.25) is 14.4 Å². The summed E-state index contributed by atoms with van der Waals surface area (Å²) in [4.78, 5) is 38.0. The van der Waals surface area contributed by atoms with Gasteiger partial charge in [-0.1, -0.05) is 35.9 Å². The van der Waals surface area contributed by atoms with Crippen molar-refractivity contribution < 1.29 is 19.1 Å². The van der Waals surface area contributed by atoms with Gasteiger partial charge in [0, 0.05) is 29.4 Å². The Labute approximate surface area is 162 Å². The third-order valence-electron chi connectivity index (χ3n) is 4.34. The van der Waals surface area contributed by atoms with Crippen molar-refractivity contribution in [3.63, 3.8) is 0 Å². The highest BCUT2D eigenvalue weighted by atomic mass is 35.5. The first-order chi connectivity index (χ1) is 12.9. The number of para-hydroxylation sites is 1. The molecule has 1 saturated heterocycles. The number of halogens is 1. The van der Waals surface area contributed by atoms with Gasteiger partial charge >= 0.3 is 5.97 Å². The lowest BCUT2D eigenvalue weighted by molar-refractivity contribution is -0.151. The van der Waals surface area contributed by atoms with E-state index < -0.39 is 24.4 Å². The number of aryl methyl sites for hydroxylation is 1. The van der Waals surface area contributed by atoms with Crippen molar-refractivity contribution in [3.8, 4) is 0 Å². The number of nitrogens with one attached hydrogen (secondary N) is 1. The van der Waals surface area contributed by atoms with E-state index in [2.05, 4.69) is 5.32 Å². The van der Waals surface area contributed by atoms with Crippen LogP contribution in [0.2, 0.25) is 5.02 Å². The first kappa shape index (κ1) is 18.9. The van der Waals surface area contributed by atoms with Crippen LogP contribution in [0.4, 0.5) is 11.4 Å². The Morgan fingerprint density at radius 1 is 1.22 bits per heavy atom. The van der Waals surface area contributed by atoms with Gasteiger partial charge in [0.25, 0.3) is 5.91 Å². The second-order valence-corrected chi connectivity index (χ2v) is 6.79. The highest BCUT2D eigenvalue weighted by molar-refractivity contribution is 6.31. The van der Waals surface area contributed by atoms with E-state index >= 15 is 0 Å². The van der Waals surface area contributed by atoms with Gasteiger partial charge in [-0.25, -0.2) is 0 Å². The maximum Gasteiger partial charge on any atom is 0.311 e. The van der Waals surface area contributed by atoms with E-state index in [1.807, 2.05) is 25.1 Å². The van der Waals surface area contributed by atoms with E-state index in [0.717, 1.165) is 5.56 Å². The van der Waals surface area contributed by atoms with Gasteiger partial charge in [-0.05, 0) is 36.8 Å². The van der Waals surface area contributed by atoms with Crippen LogP contribution in [0.3, 0.4) is 0 Å². The minimum absolute atomic E-state index is 0.0464. The Hall–Kier alpha value is -2.86. The molecule has 2 amide bonds. The number of amides is 2. The zero-order chi connectivity index (χ0) is 19.4. The predicted molar refractivity (Wildman–Crippen MR) is 103 cm³/mol. The summed E-state index contributed by atoms with van der Waals surface area (Å²) in [5.74, 6) is -1.77. The predicted octanol–water partition coefficient (Wildman–Crippen LogP) is 3.18. The molecule has 0 saturated carbocycles. The minimum atomic E-state index is -0.609. The molecule has 6 nitrogen and oxygen atoms in total. The van der Waals surface area contributed by atoms with Crippen molar-refractivity contribution >= 4 is 40.8 Å². The van der Waals surface area contributed by atoms with Crippen LogP contribution in [0.5, 0.6) is 0 Å². The lowest BCUT2D eigenvalue weighted by atomic mass is 10.1. The number of carbonyl (C=O) groups excluding carboxylic acids is 3. The quantitative estimate of drug-likeness (QED) is 0.801. The number of anilines is 2. The van der Waals surface area contributed by atoms with E-state index in [9.17, 15) is 14.4 Å². The van der Waals surface area contributed by atoms with E-state index in [1.165, 1.54) is 4.90 Å². The Bertz CT molecular complexity index is 884. The summed E-state index contributed by atoms with van der Waals surface area (Å²) in [5, 5.41) is 3.21. The molecule has 0 spiro atoms. The van der Waals surface area contributed by atoms with Gasteiger partial charge < -0.3 is 15.0 Å². The highest BCUT2D eigenvalue weighted by Crippen LogP contribution is 2.27. The summed E-state index contributed by atoms with van der Waals surface area (Å²) < 4.78 is 5.10. The van der Waals surface area contributed by atoms with E-state index in [-0.39, 0.29) is 18.9 Å². The normalized spacial score (nSPS) is 16.3. The summed E-state index contributed by atoms with van der Waals surface area (Å²) >= 11 is 5.96. The molecule has 1 fully saturated rings. The Balaban J connectivity index is 1.53. The zero-order valence-corrected chi connectivity index (χ0v) is 15.5. The van der Waals surface area contributed by atoms with Crippen LogP contribution in [-0.4, -0.2) is 30.9 Å². The molecule has 1 atom stereocenters. The first-order valence-electron chi connectivity index (χ1n) is 8.52. The van der Waals surface area contributed by atoms with E-state index in [4.69, 9.17) is 16.3 Å². The smallest absolute Gasteiger partial charge is 0.311 e. The third-order valence-corrected chi connectivity index (χ3v) is 4.58. The van der Waals surface area contributed by atoms with Gasteiger partial charge in [0.1, 0.15) is 0 Å². The molecule has 0 radical (unpaired) electrons. The fourth-order valence-electron chi connectivity index (χ4n) is 2.91. The Kier molecular flexibility index (Phi) is 5.76. The fourth-order valence-corrected chi connectivity index (χ4v) is 3.10. The molecule has 0 aromatic heterocycles. The van der Waals surface area contributed by atoms with Crippen molar-refractivity contribution in [2.75, 3.05) is 23.4 Å². The molecular weight excluding hydrogens is 368 g/mol. The van der Waals surface area contributed by atoms with Crippen molar-refractivity contribution in [2.24, 2.45) is 5.92 Å². The number of hydrogen-bond donors (Lipinski definition) is 1. The Morgan fingerprint density at radius 3 is 2.74 bits per heavy atom. The summed E-state index contributed by atoms with van der Waals surface area (Å²) in [6.07, 6.45) is 0.0464. The van der Waals surface area contributed by atoms with Crippen LogP contribution in [0.25, 0.3) is 0 Å². The molecule has 0 bridgehead atoms. The molecule has 0 unspecified atom stereocenters. The van der Waals surface area contributed by atoms with Crippen LogP contribution in [0.15, 0.2) is 48.5 Å². The SMILES string of the molecule is Cc1ccccc1NC(=O)COC(=O)[C@@H]1CC(=O)N(c2cccc(Cl)c2)C1. The molecule has 140 valence electrons. The topological polar surface area (TPSA) is 75.7 Å². The largest absolute Gasteiger partial charge is 0.455 e. The average Bonchev–Trinajstić information content (AvgIpc) is 3.03. The number of nitrogens with zero attached hydrogens (tertiary/aromatic N) is 1. The molecule has 0 aliphatic carbocycles. The monoisotopic (exact) mass is 386 g/mol. The first-order valence-corrected chi connectivity index (χ1v) is 8.90. The maximum atomic E-state index is 12.3. The minimum Gasteiger partial charge on any atom is -0.455 e. The Morgan fingerprint density at radius 2 is 2.00 bits per heavy atom. The van der Waals surface area contributed by atoms with Gasteiger partial charge in [0.2, 0.25) is 5.91 Å². The molecule has 1 heterocycles. The summed E-state index contributed by atoms with van der Waals surface area (Å²) in [6, 6.07) is 14.2. The lowest BCUT2D eigenvalue weighted by Crippen LogP contribution is -2.28. The van der Waals surface area contributed by atoms with Gasteiger partial charge in [0.05, 0.1) is 5.92 Å². The van der Waals surface area contributed by atoms with Crippen molar-refractivity contribution in [2.45, 2.75) is 13.3 Å². The summed E-state index contributed by atoms with van der Waals surface area (Å²) in [5.41, 5.74) is 2.22. The number of benzene rings is 2. The second kappa shape index (κ2) is 8.22. The lowest BCUT2D eigenvalue weighted by Gasteiger charge is -2.16. The third kappa shape index (κ3) is 4.65. The van der Waals surface area contributed by atoms with E-state index in [0.29, 0.717) is 16.4 Å². The number of esters is 1. The van der Waals surface area contributed by atoms with Crippen LogP contribution in [-0.2, 0) is 19.1 Å². The molecule has 1 aliphatic heterocycles. The highest BCUT2D eigenvalue weighted by Gasteiger charge is 2.36.